The minimum Gasteiger partial charge on any atom is -0.490 e. The van der Waals surface area contributed by atoms with Gasteiger partial charge in [-0.25, -0.2) is 0 Å². The summed E-state index contributed by atoms with van der Waals surface area (Å²) in [6.45, 7) is 7.94. The molecule has 0 aromatic heterocycles. The van der Waals surface area contributed by atoms with E-state index in [2.05, 4.69) is 6.58 Å². The second-order valence-corrected chi connectivity index (χ2v) is 4.66. The van der Waals surface area contributed by atoms with E-state index >= 15 is 0 Å². The summed E-state index contributed by atoms with van der Waals surface area (Å²) < 4.78 is 5.35. The highest BCUT2D eigenvalue weighted by atomic mass is 16.6. The summed E-state index contributed by atoms with van der Waals surface area (Å²) in [6.07, 6.45) is 3.74. The highest BCUT2D eigenvalue weighted by Gasteiger charge is 2.12. The molecule has 0 radical (unpaired) electrons. The summed E-state index contributed by atoms with van der Waals surface area (Å²) in [5, 5.41) is 10.9. The molecule has 0 aliphatic rings. The van der Waals surface area contributed by atoms with Gasteiger partial charge in [0.25, 0.3) is 0 Å². The van der Waals surface area contributed by atoms with Gasteiger partial charge in [0.05, 0.1) is 4.92 Å². The predicted octanol–water partition coefficient (Wildman–Crippen LogP) is 3.92. The fourth-order valence-corrected chi connectivity index (χ4v) is 1.61. The molecule has 0 N–H and O–H groups in total. The molecule has 1 aromatic rings. The molecule has 0 aliphatic carbocycles. The van der Waals surface area contributed by atoms with Gasteiger partial charge in [-0.1, -0.05) is 38.6 Å². The number of benzene rings is 1. The quantitative estimate of drug-likeness (QED) is 0.424. The number of hydrogen-bond donors (Lipinski definition) is 0. The van der Waals surface area contributed by atoms with Crippen LogP contribution in [0.2, 0.25) is 0 Å². The molecule has 1 aromatic carbocycles. The molecule has 1 rings (SSSR count). The fourth-order valence-electron chi connectivity index (χ4n) is 1.61. The van der Waals surface area contributed by atoms with E-state index in [0.717, 1.165) is 11.3 Å². The van der Waals surface area contributed by atoms with E-state index in [1.54, 1.807) is 24.3 Å². The summed E-state index contributed by atoms with van der Waals surface area (Å²) in [5.41, 5.74) is 1.04. The van der Waals surface area contributed by atoms with Crippen molar-refractivity contribution in [2.24, 2.45) is 5.92 Å². The number of rotatable bonds is 7. The molecule has 0 amide bonds. The number of ether oxygens (including phenoxy) is 1. The van der Waals surface area contributed by atoms with Crippen molar-refractivity contribution in [3.63, 3.8) is 0 Å². The molecule has 4 nitrogen and oxygen atoms in total. The maximum Gasteiger partial charge on any atom is 0.247 e. The van der Waals surface area contributed by atoms with Crippen LogP contribution in [0.1, 0.15) is 25.8 Å². The lowest BCUT2D eigenvalue weighted by Crippen LogP contribution is -2.02. The fraction of sp³-hybridized carbons (Fsp3) is 0.333. The molecule has 0 aliphatic heterocycles. The van der Waals surface area contributed by atoms with Gasteiger partial charge >= 0.3 is 0 Å². The molecule has 0 heterocycles. The zero-order chi connectivity index (χ0) is 14.3. The number of nitro groups is 1. The van der Waals surface area contributed by atoms with Crippen molar-refractivity contribution in [3.8, 4) is 5.75 Å². The summed E-state index contributed by atoms with van der Waals surface area (Å²) in [5.74, 6) is 0.982. The molecule has 0 atom stereocenters. The van der Waals surface area contributed by atoms with Gasteiger partial charge in [0.2, 0.25) is 5.70 Å². The van der Waals surface area contributed by atoms with E-state index in [4.69, 9.17) is 4.74 Å². The molecule has 0 fully saturated rings. The molecule has 4 heteroatoms. The van der Waals surface area contributed by atoms with E-state index in [0.29, 0.717) is 13.0 Å². The van der Waals surface area contributed by atoms with Crippen molar-refractivity contribution >= 4 is 6.08 Å². The minimum atomic E-state index is -0.317. The zero-order valence-corrected chi connectivity index (χ0v) is 11.3. The Labute approximate surface area is 113 Å². The highest BCUT2D eigenvalue weighted by Crippen LogP contribution is 2.18. The van der Waals surface area contributed by atoms with Gasteiger partial charge < -0.3 is 4.74 Å². The Morgan fingerprint density at radius 1 is 1.42 bits per heavy atom. The lowest BCUT2D eigenvalue weighted by Gasteiger charge is -2.04. The van der Waals surface area contributed by atoms with E-state index in [-0.39, 0.29) is 16.5 Å². The Bertz CT molecular complexity index is 461. The third kappa shape index (κ3) is 5.38. The number of allylic oxidation sites excluding steroid dienone is 1. The second-order valence-electron chi connectivity index (χ2n) is 4.66. The monoisotopic (exact) mass is 261 g/mol. The summed E-state index contributed by atoms with van der Waals surface area (Å²) in [7, 11) is 0. The average Bonchev–Trinajstić information content (AvgIpc) is 2.36. The molecule has 0 saturated carbocycles. The standard InChI is InChI=1S/C15H19NO3/c1-4-9-19-15-7-5-13(6-8-15)11-14(16(17)18)10-12(2)3/h4-8,11-12H,1,9-10H2,2-3H3. The topological polar surface area (TPSA) is 52.4 Å². The van der Waals surface area contributed by atoms with Crippen molar-refractivity contribution in [2.75, 3.05) is 6.61 Å². The predicted molar refractivity (Wildman–Crippen MR) is 76.6 cm³/mol. The van der Waals surface area contributed by atoms with Gasteiger partial charge in [-0.05, 0) is 23.6 Å². The van der Waals surface area contributed by atoms with Crippen LogP contribution in [0.15, 0.2) is 42.6 Å². The Hall–Kier alpha value is -2.10. The molecule has 19 heavy (non-hydrogen) atoms. The smallest absolute Gasteiger partial charge is 0.247 e. The summed E-state index contributed by atoms with van der Waals surface area (Å²) >= 11 is 0. The zero-order valence-electron chi connectivity index (χ0n) is 11.3. The third-order valence-electron chi connectivity index (χ3n) is 2.43. The third-order valence-corrected chi connectivity index (χ3v) is 2.43. The van der Waals surface area contributed by atoms with Crippen LogP contribution in [-0.4, -0.2) is 11.5 Å². The summed E-state index contributed by atoms with van der Waals surface area (Å²) in [4.78, 5) is 10.6. The van der Waals surface area contributed by atoms with Crippen molar-refractivity contribution in [3.05, 3.63) is 58.3 Å². The average molecular weight is 261 g/mol. The van der Waals surface area contributed by atoms with Crippen LogP contribution in [0.3, 0.4) is 0 Å². The van der Waals surface area contributed by atoms with Gasteiger partial charge in [-0.2, -0.15) is 0 Å². The Morgan fingerprint density at radius 3 is 2.53 bits per heavy atom. The Kier molecular flexibility index (Phi) is 5.79. The lowest BCUT2D eigenvalue weighted by molar-refractivity contribution is -0.427. The van der Waals surface area contributed by atoms with Crippen LogP contribution in [0.25, 0.3) is 6.08 Å². The first kappa shape index (κ1) is 15.0. The van der Waals surface area contributed by atoms with Crippen LogP contribution in [0.5, 0.6) is 5.75 Å². The molecule has 102 valence electrons. The Balaban J connectivity index is 2.83. The van der Waals surface area contributed by atoms with Gasteiger partial charge in [0.15, 0.2) is 0 Å². The van der Waals surface area contributed by atoms with Gasteiger partial charge in [0, 0.05) is 12.5 Å². The van der Waals surface area contributed by atoms with Gasteiger partial charge in [-0.3, -0.25) is 10.1 Å². The summed E-state index contributed by atoms with van der Waals surface area (Å²) in [6, 6.07) is 7.20. The minimum absolute atomic E-state index is 0.231. The van der Waals surface area contributed by atoms with Gasteiger partial charge in [0.1, 0.15) is 12.4 Å². The normalized spacial score (nSPS) is 11.4. The van der Waals surface area contributed by atoms with Crippen LogP contribution in [0.4, 0.5) is 0 Å². The molecule has 0 saturated heterocycles. The van der Waals surface area contributed by atoms with Crippen molar-refractivity contribution in [2.45, 2.75) is 20.3 Å². The maximum atomic E-state index is 10.9. The van der Waals surface area contributed by atoms with E-state index < -0.39 is 0 Å². The van der Waals surface area contributed by atoms with Crippen molar-refractivity contribution in [1.82, 2.24) is 0 Å². The number of nitrogens with zero attached hydrogens (tertiary/aromatic N) is 1. The second kappa shape index (κ2) is 7.36. The first-order chi connectivity index (χ1) is 9.02. The van der Waals surface area contributed by atoms with Gasteiger partial charge in [-0.15, -0.1) is 0 Å². The SMILES string of the molecule is C=CCOc1ccc(C=C(CC(C)C)[N+](=O)[O-])cc1. The molecular formula is C15H19NO3. The van der Waals surface area contributed by atoms with E-state index in [9.17, 15) is 10.1 Å². The highest BCUT2D eigenvalue weighted by molar-refractivity contribution is 5.52. The van der Waals surface area contributed by atoms with Crippen LogP contribution < -0.4 is 4.74 Å². The molecule has 0 bridgehead atoms. The van der Waals surface area contributed by atoms with Crippen LogP contribution in [-0.2, 0) is 0 Å². The molecular weight excluding hydrogens is 242 g/mol. The van der Waals surface area contributed by atoms with Crippen LogP contribution in [0, 0.1) is 16.0 Å². The van der Waals surface area contributed by atoms with Crippen molar-refractivity contribution < 1.29 is 9.66 Å². The number of hydrogen-bond acceptors (Lipinski definition) is 3. The van der Waals surface area contributed by atoms with E-state index in [1.807, 2.05) is 26.0 Å². The lowest BCUT2D eigenvalue weighted by atomic mass is 10.1. The van der Waals surface area contributed by atoms with E-state index in [1.165, 1.54) is 0 Å². The first-order valence-electron chi connectivity index (χ1n) is 6.21. The first-order valence-corrected chi connectivity index (χ1v) is 6.21. The van der Waals surface area contributed by atoms with Crippen molar-refractivity contribution in [1.29, 1.82) is 0 Å². The molecule has 0 unspecified atom stereocenters. The van der Waals surface area contributed by atoms with Crippen LogP contribution >= 0.6 is 0 Å². The largest absolute Gasteiger partial charge is 0.490 e. The Morgan fingerprint density at radius 2 is 2.05 bits per heavy atom. The molecule has 0 spiro atoms. The maximum absolute atomic E-state index is 10.9.